The van der Waals surface area contributed by atoms with Gasteiger partial charge in [0, 0.05) is 0 Å². The molecule has 1 amide bonds. The summed E-state index contributed by atoms with van der Waals surface area (Å²) in [7, 11) is 0. The first-order valence-electron chi connectivity index (χ1n) is 6.54. The maximum absolute atomic E-state index is 12.2. The number of hydrogen-bond donors (Lipinski definition) is 1. The lowest BCUT2D eigenvalue weighted by Crippen LogP contribution is -2.27. The second-order valence-electron chi connectivity index (χ2n) is 4.61. The highest BCUT2D eigenvalue weighted by molar-refractivity contribution is 6.34. The van der Waals surface area contributed by atoms with Gasteiger partial charge < -0.3 is 10.1 Å². The molecule has 0 aliphatic heterocycles. The van der Waals surface area contributed by atoms with Crippen molar-refractivity contribution in [2.45, 2.75) is 19.6 Å². The van der Waals surface area contributed by atoms with Crippen LogP contribution in [0.4, 0.5) is 8.78 Å². The lowest BCUT2D eigenvalue weighted by molar-refractivity contribution is -0.0499. The number of alkyl halides is 2. The van der Waals surface area contributed by atoms with Crippen LogP contribution in [0.2, 0.25) is 10.2 Å². The average molecular weight is 361 g/mol. The van der Waals surface area contributed by atoms with Gasteiger partial charge in [-0.25, -0.2) is 4.98 Å². The minimum atomic E-state index is -2.91. The molecule has 0 aliphatic rings. The quantitative estimate of drug-likeness (QED) is 0.799. The van der Waals surface area contributed by atoms with E-state index in [9.17, 15) is 13.6 Å². The maximum Gasteiger partial charge on any atom is 0.387 e. The molecule has 122 valence electrons. The van der Waals surface area contributed by atoms with Gasteiger partial charge in [-0.05, 0) is 36.8 Å². The molecule has 1 aromatic carbocycles. The summed E-state index contributed by atoms with van der Waals surface area (Å²) in [5.41, 5.74) is 0.584. The van der Waals surface area contributed by atoms with E-state index in [-0.39, 0.29) is 21.6 Å². The highest BCUT2D eigenvalue weighted by atomic mass is 35.5. The largest absolute Gasteiger partial charge is 0.435 e. The number of rotatable bonds is 5. The molecule has 2 aromatic rings. The summed E-state index contributed by atoms with van der Waals surface area (Å²) in [5, 5.41) is 2.97. The zero-order valence-corrected chi connectivity index (χ0v) is 13.4. The molecule has 1 N–H and O–H groups in total. The molecule has 1 atom stereocenters. The lowest BCUT2D eigenvalue weighted by Gasteiger charge is -2.15. The third-order valence-electron chi connectivity index (χ3n) is 2.96. The molecular weight excluding hydrogens is 349 g/mol. The van der Waals surface area contributed by atoms with Gasteiger partial charge in [0.05, 0.1) is 11.1 Å². The number of pyridine rings is 1. The van der Waals surface area contributed by atoms with E-state index in [0.29, 0.717) is 5.56 Å². The van der Waals surface area contributed by atoms with Gasteiger partial charge in [-0.2, -0.15) is 8.78 Å². The van der Waals surface area contributed by atoms with E-state index in [0.717, 1.165) is 0 Å². The summed E-state index contributed by atoms with van der Waals surface area (Å²) < 4.78 is 28.8. The molecule has 0 bridgehead atoms. The van der Waals surface area contributed by atoms with Gasteiger partial charge >= 0.3 is 6.61 Å². The first-order valence-corrected chi connectivity index (χ1v) is 7.30. The number of nitrogens with zero attached hydrogens (tertiary/aromatic N) is 1. The van der Waals surface area contributed by atoms with Crippen molar-refractivity contribution in [3.8, 4) is 5.75 Å². The zero-order chi connectivity index (χ0) is 17.0. The average Bonchev–Trinajstić information content (AvgIpc) is 2.49. The fourth-order valence-electron chi connectivity index (χ4n) is 1.89. The van der Waals surface area contributed by atoms with Gasteiger partial charge in [-0.1, -0.05) is 35.3 Å². The highest BCUT2D eigenvalue weighted by Gasteiger charge is 2.17. The molecule has 0 saturated heterocycles. The Morgan fingerprint density at radius 3 is 2.70 bits per heavy atom. The molecule has 2 rings (SSSR count). The summed E-state index contributed by atoms with van der Waals surface area (Å²) in [6.45, 7) is -1.22. The van der Waals surface area contributed by atoms with Gasteiger partial charge in [0.15, 0.2) is 0 Å². The van der Waals surface area contributed by atoms with E-state index >= 15 is 0 Å². The molecule has 23 heavy (non-hydrogen) atoms. The van der Waals surface area contributed by atoms with Crippen molar-refractivity contribution in [2.24, 2.45) is 0 Å². The standard InChI is InChI=1S/C15H12Cl2F2N2O2/c1-8(9-3-2-4-10(7-9)23-15(18)19)20-14(22)13-11(16)5-6-12(17)21-13/h2-8,15H,1H3,(H,20,22). The summed E-state index contributed by atoms with van der Waals surface area (Å²) in [4.78, 5) is 16.1. The van der Waals surface area contributed by atoms with Gasteiger partial charge in [0.1, 0.15) is 16.6 Å². The van der Waals surface area contributed by atoms with E-state index in [4.69, 9.17) is 23.2 Å². The number of hydrogen-bond acceptors (Lipinski definition) is 3. The number of aromatic nitrogens is 1. The molecule has 0 aliphatic carbocycles. The molecule has 1 heterocycles. The van der Waals surface area contributed by atoms with Gasteiger partial charge in [-0.15, -0.1) is 0 Å². The first kappa shape index (κ1) is 17.4. The zero-order valence-electron chi connectivity index (χ0n) is 11.9. The van der Waals surface area contributed by atoms with E-state index in [2.05, 4.69) is 15.0 Å². The summed E-state index contributed by atoms with van der Waals surface area (Å²) in [5.74, 6) is -0.511. The first-order chi connectivity index (χ1) is 10.9. The Labute approximate surface area is 141 Å². The minimum Gasteiger partial charge on any atom is -0.435 e. The van der Waals surface area contributed by atoms with E-state index in [1.165, 1.54) is 24.3 Å². The molecule has 0 radical (unpaired) electrons. The number of amides is 1. The van der Waals surface area contributed by atoms with Gasteiger partial charge in [0.25, 0.3) is 5.91 Å². The molecule has 8 heteroatoms. The van der Waals surface area contributed by atoms with Crippen LogP contribution in [0.1, 0.15) is 29.0 Å². The Kier molecular flexibility index (Phi) is 5.74. The van der Waals surface area contributed by atoms with Gasteiger partial charge in [-0.3, -0.25) is 4.79 Å². The van der Waals surface area contributed by atoms with E-state index < -0.39 is 18.6 Å². The summed E-state index contributed by atoms with van der Waals surface area (Å²) >= 11 is 11.7. The van der Waals surface area contributed by atoms with Gasteiger partial charge in [0.2, 0.25) is 0 Å². The Hall–Kier alpha value is -1.92. The van der Waals surface area contributed by atoms with Crippen LogP contribution < -0.4 is 10.1 Å². The number of ether oxygens (including phenoxy) is 1. The van der Waals surface area contributed by atoms with Crippen LogP contribution in [0, 0.1) is 0 Å². The van der Waals surface area contributed by atoms with Crippen LogP contribution in [0.5, 0.6) is 5.75 Å². The van der Waals surface area contributed by atoms with Crippen molar-refractivity contribution in [2.75, 3.05) is 0 Å². The fourth-order valence-corrected chi connectivity index (χ4v) is 2.22. The molecule has 1 aromatic heterocycles. The molecule has 0 fully saturated rings. The third-order valence-corrected chi connectivity index (χ3v) is 3.47. The number of carbonyl (C=O) groups excluding carboxylic acids is 1. The van der Waals surface area contributed by atoms with Crippen molar-refractivity contribution in [3.63, 3.8) is 0 Å². The van der Waals surface area contributed by atoms with Crippen LogP contribution in [0.3, 0.4) is 0 Å². The normalized spacial score (nSPS) is 12.1. The van der Waals surface area contributed by atoms with Crippen molar-refractivity contribution in [1.29, 1.82) is 0 Å². The van der Waals surface area contributed by atoms with Crippen LogP contribution in [0.15, 0.2) is 36.4 Å². The molecular formula is C15H12Cl2F2N2O2. The predicted molar refractivity (Wildman–Crippen MR) is 83.2 cm³/mol. The molecule has 4 nitrogen and oxygen atoms in total. The van der Waals surface area contributed by atoms with Crippen LogP contribution in [0.25, 0.3) is 0 Å². The smallest absolute Gasteiger partial charge is 0.387 e. The number of carbonyl (C=O) groups is 1. The second kappa shape index (κ2) is 7.57. The Bertz CT molecular complexity index is 714. The Morgan fingerprint density at radius 2 is 2.00 bits per heavy atom. The van der Waals surface area contributed by atoms with Crippen LogP contribution in [-0.2, 0) is 0 Å². The highest BCUT2D eigenvalue weighted by Crippen LogP contribution is 2.22. The predicted octanol–water partition coefficient (Wildman–Crippen LogP) is 4.48. The summed E-state index contributed by atoms with van der Waals surface area (Å²) in [6.07, 6.45) is 0. The van der Waals surface area contributed by atoms with Crippen molar-refractivity contribution >= 4 is 29.1 Å². The molecule has 1 unspecified atom stereocenters. The molecule has 0 spiro atoms. The minimum absolute atomic E-state index is 0.00833. The topological polar surface area (TPSA) is 51.2 Å². The lowest BCUT2D eigenvalue weighted by atomic mass is 10.1. The fraction of sp³-hybridized carbons (Fsp3) is 0.200. The van der Waals surface area contributed by atoms with Crippen LogP contribution >= 0.6 is 23.2 Å². The number of benzene rings is 1. The van der Waals surface area contributed by atoms with E-state index in [1.54, 1.807) is 19.1 Å². The summed E-state index contributed by atoms with van der Waals surface area (Å²) in [6, 6.07) is 8.52. The number of halogens is 4. The third kappa shape index (κ3) is 4.77. The van der Waals surface area contributed by atoms with Crippen molar-refractivity contribution < 1.29 is 18.3 Å². The maximum atomic E-state index is 12.2. The SMILES string of the molecule is CC(NC(=O)c1nc(Cl)ccc1Cl)c1cccc(OC(F)F)c1. The Balaban J connectivity index is 2.13. The van der Waals surface area contributed by atoms with Crippen molar-refractivity contribution in [3.05, 3.63) is 57.8 Å². The molecule has 0 saturated carbocycles. The second-order valence-corrected chi connectivity index (χ2v) is 5.40. The van der Waals surface area contributed by atoms with Crippen molar-refractivity contribution in [1.82, 2.24) is 10.3 Å². The van der Waals surface area contributed by atoms with Crippen LogP contribution in [-0.4, -0.2) is 17.5 Å². The van der Waals surface area contributed by atoms with E-state index in [1.807, 2.05) is 0 Å². The number of nitrogens with one attached hydrogen (secondary N) is 1. The monoisotopic (exact) mass is 360 g/mol. The Morgan fingerprint density at radius 1 is 1.26 bits per heavy atom.